The van der Waals surface area contributed by atoms with Crippen molar-refractivity contribution in [1.29, 1.82) is 0 Å². The molecule has 0 atom stereocenters. The van der Waals surface area contributed by atoms with Gasteiger partial charge in [0, 0.05) is 34.0 Å². The van der Waals surface area contributed by atoms with Gasteiger partial charge in [-0.25, -0.2) is 0 Å². The highest BCUT2D eigenvalue weighted by Crippen LogP contribution is 2.19. The van der Waals surface area contributed by atoms with Crippen molar-refractivity contribution in [2.75, 3.05) is 5.32 Å². The van der Waals surface area contributed by atoms with Crippen LogP contribution in [0.2, 0.25) is 5.02 Å². The Morgan fingerprint density at radius 3 is 2.37 bits per heavy atom. The van der Waals surface area contributed by atoms with E-state index in [2.05, 4.69) is 10.6 Å². The minimum absolute atomic E-state index is 0.0369. The molecule has 0 heterocycles. The summed E-state index contributed by atoms with van der Waals surface area (Å²) < 4.78 is 5.73. The summed E-state index contributed by atoms with van der Waals surface area (Å²) in [5, 5.41) is 16.8. The quantitative estimate of drug-likeness (QED) is 0.319. The summed E-state index contributed by atoms with van der Waals surface area (Å²) in [6.45, 7) is 0.188. The van der Waals surface area contributed by atoms with Crippen molar-refractivity contribution in [2.45, 2.75) is 6.61 Å². The second-order valence-electron chi connectivity index (χ2n) is 6.11. The van der Waals surface area contributed by atoms with Crippen molar-refractivity contribution in [2.24, 2.45) is 0 Å². The number of thiocarbonyl (C=S) groups is 1. The number of nitro benzene ring substituents is 1. The standard InChI is InChI=1S/C21H16ClN3O4S/c22-15-5-11-18(12-6-15)29-13-14-3-1-2-4-19(14)20(26)24-21(30)23-16-7-9-17(10-8-16)25(27)28/h1-12H,13H2,(H2,23,24,26,30). The van der Waals surface area contributed by atoms with Crippen molar-refractivity contribution in [3.63, 3.8) is 0 Å². The molecule has 3 rings (SSSR count). The molecule has 0 spiro atoms. The van der Waals surface area contributed by atoms with Crippen LogP contribution in [-0.2, 0) is 6.61 Å². The zero-order valence-electron chi connectivity index (χ0n) is 15.5. The fourth-order valence-corrected chi connectivity index (χ4v) is 2.90. The number of anilines is 1. The number of carbonyl (C=O) groups excluding carboxylic acids is 1. The Balaban J connectivity index is 1.62. The minimum Gasteiger partial charge on any atom is -0.489 e. The third-order valence-corrected chi connectivity index (χ3v) is 4.49. The Hall–Kier alpha value is -3.49. The van der Waals surface area contributed by atoms with E-state index in [4.69, 9.17) is 28.6 Å². The summed E-state index contributed by atoms with van der Waals surface area (Å²) in [5.41, 5.74) is 1.58. The number of nitrogens with zero attached hydrogens (tertiary/aromatic N) is 1. The summed E-state index contributed by atoms with van der Waals surface area (Å²) >= 11 is 11.0. The van der Waals surface area contributed by atoms with E-state index in [9.17, 15) is 14.9 Å². The molecule has 0 aromatic heterocycles. The number of rotatable bonds is 6. The van der Waals surface area contributed by atoms with Crippen LogP contribution >= 0.6 is 23.8 Å². The summed E-state index contributed by atoms with van der Waals surface area (Å²) in [4.78, 5) is 22.9. The predicted molar refractivity (Wildman–Crippen MR) is 119 cm³/mol. The molecule has 9 heteroatoms. The maximum Gasteiger partial charge on any atom is 0.269 e. The Bertz CT molecular complexity index is 1070. The first-order valence-corrected chi connectivity index (χ1v) is 9.54. The van der Waals surface area contributed by atoms with Gasteiger partial charge in [0.05, 0.1) is 4.92 Å². The molecule has 0 aliphatic carbocycles. The Kier molecular flexibility index (Phi) is 6.95. The van der Waals surface area contributed by atoms with E-state index < -0.39 is 10.8 Å². The van der Waals surface area contributed by atoms with Crippen molar-refractivity contribution < 1.29 is 14.5 Å². The molecule has 0 saturated carbocycles. The topological polar surface area (TPSA) is 93.5 Å². The molecule has 152 valence electrons. The van der Waals surface area contributed by atoms with Crippen LogP contribution in [0.3, 0.4) is 0 Å². The van der Waals surface area contributed by atoms with Gasteiger partial charge in [-0.05, 0) is 54.7 Å². The van der Waals surface area contributed by atoms with Gasteiger partial charge in [-0.1, -0.05) is 29.8 Å². The molecule has 30 heavy (non-hydrogen) atoms. The number of nitro groups is 1. The van der Waals surface area contributed by atoms with E-state index in [0.29, 0.717) is 27.6 Å². The lowest BCUT2D eigenvalue weighted by atomic mass is 10.1. The number of nitrogens with one attached hydrogen (secondary N) is 2. The van der Waals surface area contributed by atoms with Crippen LogP contribution in [0.25, 0.3) is 0 Å². The first-order chi connectivity index (χ1) is 14.4. The fourth-order valence-electron chi connectivity index (χ4n) is 2.56. The minimum atomic E-state index is -0.493. The first-order valence-electron chi connectivity index (χ1n) is 8.75. The maximum atomic E-state index is 12.7. The molecule has 3 aromatic carbocycles. The van der Waals surface area contributed by atoms with Crippen LogP contribution in [0.15, 0.2) is 72.8 Å². The molecule has 1 amide bonds. The van der Waals surface area contributed by atoms with E-state index in [-0.39, 0.29) is 17.4 Å². The molecular weight excluding hydrogens is 426 g/mol. The average Bonchev–Trinajstić information content (AvgIpc) is 2.74. The number of amides is 1. The smallest absolute Gasteiger partial charge is 0.269 e. The van der Waals surface area contributed by atoms with Gasteiger partial charge in [-0.2, -0.15) is 0 Å². The third kappa shape index (κ3) is 5.76. The van der Waals surface area contributed by atoms with Crippen LogP contribution in [-0.4, -0.2) is 15.9 Å². The summed E-state index contributed by atoms with van der Waals surface area (Å²) in [7, 11) is 0. The molecule has 0 radical (unpaired) electrons. The molecule has 0 aliphatic rings. The zero-order valence-corrected chi connectivity index (χ0v) is 17.1. The lowest BCUT2D eigenvalue weighted by molar-refractivity contribution is -0.384. The highest BCUT2D eigenvalue weighted by atomic mass is 35.5. The van der Waals surface area contributed by atoms with E-state index >= 15 is 0 Å². The third-order valence-electron chi connectivity index (χ3n) is 4.03. The highest BCUT2D eigenvalue weighted by Gasteiger charge is 2.13. The first kappa shape index (κ1) is 21.2. The van der Waals surface area contributed by atoms with Gasteiger partial charge in [0.1, 0.15) is 12.4 Å². The van der Waals surface area contributed by atoms with Crippen molar-refractivity contribution in [1.82, 2.24) is 5.32 Å². The summed E-state index contributed by atoms with van der Waals surface area (Å²) in [6, 6.07) is 19.6. The number of non-ortho nitro benzene ring substituents is 1. The lowest BCUT2D eigenvalue weighted by Crippen LogP contribution is -2.34. The number of carbonyl (C=O) groups is 1. The predicted octanol–water partition coefficient (Wildman–Crippen LogP) is 4.95. The molecule has 0 fully saturated rings. The molecular formula is C21H16ClN3O4S. The molecule has 7 nitrogen and oxygen atoms in total. The molecule has 0 bridgehead atoms. The monoisotopic (exact) mass is 441 g/mol. The molecule has 3 aromatic rings. The Morgan fingerprint density at radius 1 is 1.03 bits per heavy atom. The SMILES string of the molecule is O=C(NC(=S)Nc1ccc([N+](=O)[O-])cc1)c1ccccc1COc1ccc(Cl)cc1. The van der Waals surface area contributed by atoms with Crippen LogP contribution in [0.1, 0.15) is 15.9 Å². The van der Waals surface area contributed by atoms with Gasteiger partial charge in [0.25, 0.3) is 11.6 Å². The van der Waals surface area contributed by atoms with Crippen molar-refractivity contribution in [3.05, 3.63) is 99.1 Å². The second kappa shape index (κ2) is 9.82. The Morgan fingerprint density at radius 2 is 1.70 bits per heavy atom. The van der Waals surface area contributed by atoms with E-state index in [1.807, 2.05) is 6.07 Å². The molecule has 2 N–H and O–H groups in total. The lowest BCUT2D eigenvalue weighted by Gasteiger charge is -2.13. The van der Waals surface area contributed by atoms with E-state index in [1.54, 1.807) is 42.5 Å². The fraction of sp³-hybridized carbons (Fsp3) is 0.0476. The number of hydrogen-bond donors (Lipinski definition) is 2. The molecule has 0 saturated heterocycles. The van der Waals surface area contributed by atoms with Gasteiger partial charge in [0.15, 0.2) is 5.11 Å². The van der Waals surface area contributed by atoms with Crippen LogP contribution < -0.4 is 15.4 Å². The average molecular weight is 442 g/mol. The van der Waals surface area contributed by atoms with Crippen LogP contribution in [0.4, 0.5) is 11.4 Å². The van der Waals surface area contributed by atoms with Gasteiger partial charge >= 0.3 is 0 Å². The van der Waals surface area contributed by atoms with Crippen molar-refractivity contribution >= 4 is 46.2 Å². The second-order valence-corrected chi connectivity index (χ2v) is 6.96. The van der Waals surface area contributed by atoms with Gasteiger partial charge in [0.2, 0.25) is 0 Å². The summed E-state index contributed by atoms with van der Waals surface area (Å²) in [6.07, 6.45) is 0. The number of halogens is 1. The van der Waals surface area contributed by atoms with E-state index in [1.165, 1.54) is 24.3 Å². The number of ether oxygens (including phenoxy) is 1. The zero-order chi connectivity index (χ0) is 21.5. The number of benzene rings is 3. The van der Waals surface area contributed by atoms with Crippen molar-refractivity contribution in [3.8, 4) is 5.75 Å². The normalized spacial score (nSPS) is 10.2. The van der Waals surface area contributed by atoms with Crippen LogP contribution in [0.5, 0.6) is 5.75 Å². The highest BCUT2D eigenvalue weighted by molar-refractivity contribution is 7.80. The number of hydrogen-bond acceptors (Lipinski definition) is 5. The molecule has 0 aliphatic heterocycles. The van der Waals surface area contributed by atoms with Crippen LogP contribution in [0, 0.1) is 10.1 Å². The van der Waals surface area contributed by atoms with Gasteiger partial charge < -0.3 is 10.1 Å². The Labute approximate surface area is 182 Å². The van der Waals surface area contributed by atoms with Gasteiger partial charge in [-0.15, -0.1) is 0 Å². The van der Waals surface area contributed by atoms with Gasteiger partial charge in [-0.3, -0.25) is 20.2 Å². The maximum absolute atomic E-state index is 12.7. The largest absolute Gasteiger partial charge is 0.489 e. The summed E-state index contributed by atoms with van der Waals surface area (Å²) in [5.74, 6) is 0.231. The van der Waals surface area contributed by atoms with E-state index in [0.717, 1.165) is 0 Å². The molecule has 0 unspecified atom stereocenters.